The third-order valence-corrected chi connectivity index (χ3v) is 5.28. The summed E-state index contributed by atoms with van der Waals surface area (Å²) in [5.41, 5.74) is 2.01. The Kier molecular flexibility index (Phi) is 6.36. The summed E-state index contributed by atoms with van der Waals surface area (Å²) in [6.45, 7) is 2.22. The molecule has 7 heteroatoms. The van der Waals surface area contributed by atoms with Crippen molar-refractivity contribution in [3.05, 3.63) is 54.1 Å². The van der Waals surface area contributed by atoms with Crippen LogP contribution in [0.1, 0.15) is 5.56 Å². The van der Waals surface area contributed by atoms with E-state index in [0.29, 0.717) is 5.75 Å². The predicted molar refractivity (Wildman–Crippen MR) is 106 cm³/mol. The van der Waals surface area contributed by atoms with E-state index in [1.165, 1.54) is 11.8 Å². The van der Waals surface area contributed by atoms with Gasteiger partial charge in [0, 0.05) is 18.4 Å². The molecule has 1 N–H and O–H groups in total. The normalized spacial score (nSPS) is 12.0. The zero-order valence-electron chi connectivity index (χ0n) is 15.6. The van der Waals surface area contributed by atoms with E-state index in [0.717, 1.165) is 33.6 Å². The van der Waals surface area contributed by atoms with Crippen molar-refractivity contribution >= 4 is 11.8 Å². The van der Waals surface area contributed by atoms with E-state index in [9.17, 15) is 5.11 Å². The van der Waals surface area contributed by atoms with Gasteiger partial charge in [-0.05, 0) is 42.8 Å². The van der Waals surface area contributed by atoms with E-state index in [-0.39, 0.29) is 6.61 Å². The summed E-state index contributed by atoms with van der Waals surface area (Å²) >= 11 is 1.45. The molecule has 0 saturated heterocycles. The second-order valence-electron chi connectivity index (χ2n) is 6.14. The topological polar surface area (TPSA) is 69.4 Å². The van der Waals surface area contributed by atoms with Crippen LogP contribution in [0.15, 0.2) is 53.7 Å². The number of aliphatic hydroxyl groups is 1. The van der Waals surface area contributed by atoms with Gasteiger partial charge in [0.2, 0.25) is 0 Å². The third-order valence-electron chi connectivity index (χ3n) is 4.11. The number of hydrogen-bond donors (Lipinski definition) is 1. The highest BCUT2D eigenvalue weighted by atomic mass is 32.2. The Morgan fingerprint density at radius 3 is 2.56 bits per heavy atom. The molecule has 0 amide bonds. The molecule has 0 saturated carbocycles. The van der Waals surface area contributed by atoms with E-state index in [1.54, 1.807) is 7.11 Å². The number of aliphatic hydroxyl groups excluding tert-OH is 1. The maximum Gasteiger partial charge on any atom is 0.191 e. The van der Waals surface area contributed by atoms with Crippen LogP contribution in [0.25, 0.3) is 11.4 Å². The van der Waals surface area contributed by atoms with E-state index in [1.807, 2.05) is 67.1 Å². The number of methoxy groups -OCH3 is 1. The van der Waals surface area contributed by atoms with Gasteiger partial charge in [-0.3, -0.25) is 0 Å². The predicted octanol–water partition coefficient (Wildman–Crippen LogP) is 3.33. The molecule has 0 aliphatic heterocycles. The van der Waals surface area contributed by atoms with Crippen LogP contribution in [-0.4, -0.2) is 45.4 Å². The summed E-state index contributed by atoms with van der Waals surface area (Å²) in [6.07, 6.45) is -0.601. The molecular formula is C20H23N3O3S. The number of nitrogens with zero attached hydrogens (tertiary/aromatic N) is 3. The number of benzene rings is 2. The van der Waals surface area contributed by atoms with E-state index in [2.05, 4.69) is 10.2 Å². The molecular weight excluding hydrogens is 362 g/mol. The fraction of sp³-hybridized carbons (Fsp3) is 0.300. The Labute approximate surface area is 163 Å². The zero-order valence-corrected chi connectivity index (χ0v) is 16.4. The highest BCUT2D eigenvalue weighted by molar-refractivity contribution is 7.99. The van der Waals surface area contributed by atoms with Gasteiger partial charge in [-0.15, -0.1) is 10.2 Å². The molecule has 2 aromatic carbocycles. The lowest BCUT2D eigenvalue weighted by atomic mass is 10.2. The number of rotatable bonds is 8. The number of ether oxygens (including phenoxy) is 2. The summed E-state index contributed by atoms with van der Waals surface area (Å²) < 4.78 is 12.8. The molecule has 3 rings (SSSR count). The quantitative estimate of drug-likeness (QED) is 0.600. The molecule has 3 aromatic rings. The lowest BCUT2D eigenvalue weighted by Crippen LogP contribution is -2.20. The molecule has 0 fully saturated rings. The van der Waals surface area contributed by atoms with Crippen molar-refractivity contribution in [2.45, 2.75) is 18.2 Å². The summed E-state index contributed by atoms with van der Waals surface area (Å²) in [4.78, 5) is 0. The van der Waals surface area contributed by atoms with Crippen molar-refractivity contribution in [1.29, 1.82) is 0 Å². The minimum absolute atomic E-state index is 0.237. The summed E-state index contributed by atoms with van der Waals surface area (Å²) in [6, 6.07) is 15.4. The number of aryl methyl sites for hydroxylation is 1. The molecule has 1 atom stereocenters. The fourth-order valence-corrected chi connectivity index (χ4v) is 3.37. The lowest BCUT2D eigenvalue weighted by molar-refractivity contribution is 0.126. The lowest BCUT2D eigenvalue weighted by Gasteiger charge is -2.13. The van der Waals surface area contributed by atoms with E-state index >= 15 is 0 Å². The largest absolute Gasteiger partial charge is 0.497 e. The molecule has 0 aliphatic rings. The SMILES string of the molecule is COc1ccc(-c2nnc(SC[C@@H](O)COc3ccccc3C)n2C)cc1. The van der Waals surface area contributed by atoms with Gasteiger partial charge in [0.25, 0.3) is 0 Å². The number of thioether (sulfide) groups is 1. The van der Waals surface area contributed by atoms with Crippen LogP contribution in [0.2, 0.25) is 0 Å². The minimum atomic E-state index is -0.601. The first-order chi connectivity index (χ1) is 13.1. The molecule has 6 nitrogen and oxygen atoms in total. The Morgan fingerprint density at radius 2 is 1.85 bits per heavy atom. The van der Waals surface area contributed by atoms with Gasteiger partial charge in [-0.2, -0.15) is 0 Å². The Bertz CT molecular complexity index is 880. The molecule has 0 bridgehead atoms. The summed E-state index contributed by atoms with van der Waals surface area (Å²) in [5.74, 6) is 2.83. The maximum atomic E-state index is 10.2. The van der Waals surface area contributed by atoms with Gasteiger partial charge in [-0.25, -0.2) is 0 Å². The molecule has 1 aromatic heterocycles. The van der Waals surface area contributed by atoms with Crippen LogP contribution in [0.5, 0.6) is 11.5 Å². The van der Waals surface area contributed by atoms with Gasteiger partial charge in [0.15, 0.2) is 11.0 Å². The number of aromatic nitrogens is 3. The van der Waals surface area contributed by atoms with Gasteiger partial charge in [0.05, 0.1) is 13.2 Å². The summed E-state index contributed by atoms with van der Waals surface area (Å²) in [7, 11) is 3.55. The van der Waals surface area contributed by atoms with Crippen molar-refractivity contribution in [2.24, 2.45) is 7.05 Å². The second-order valence-corrected chi connectivity index (χ2v) is 7.12. The Morgan fingerprint density at radius 1 is 1.11 bits per heavy atom. The zero-order chi connectivity index (χ0) is 19.2. The van der Waals surface area contributed by atoms with Crippen molar-refractivity contribution in [3.8, 4) is 22.9 Å². The van der Waals surface area contributed by atoms with Crippen molar-refractivity contribution in [3.63, 3.8) is 0 Å². The van der Waals surface area contributed by atoms with Crippen molar-refractivity contribution < 1.29 is 14.6 Å². The van der Waals surface area contributed by atoms with Crippen molar-refractivity contribution in [1.82, 2.24) is 14.8 Å². The van der Waals surface area contributed by atoms with Crippen LogP contribution in [0.4, 0.5) is 0 Å². The smallest absolute Gasteiger partial charge is 0.191 e. The fourth-order valence-electron chi connectivity index (χ4n) is 2.56. The monoisotopic (exact) mass is 385 g/mol. The van der Waals surface area contributed by atoms with Gasteiger partial charge in [0.1, 0.15) is 18.1 Å². The highest BCUT2D eigenvalue weighted by Crippen LogP contribution is 2.25. The molecule has 27 heavy (non-hydrogen) atoms. The Hall–Kier alpha value is -2.51. The van der Waals surface area contributed by atoms with Crippen LogP contribution >= 0.6 is 11.8 Å². The maximum absolute atomic E-state index is 10.2. The average molecular weight is 385 g/mol. The molecule has 142 valence electrons. The molecule has 0 unspecified atom stereocenters. The first-order valence-electron chi connectivity index (χ1n) is 8.61. The Balaban J connectivity index is 1.56. The van der Waals surface area contributed by atoms with Gasteiger partial charge in [-0.1, -0.05) is 30.0 Å². The highest BCUT2D eigenvalue weighted by Gasteiger charge is 2.14. The van der Waals surface area contributed by atoms with Gasteiger partial charge >= 0.3 is 0 Å². The second kappa shape index (κ2) is 8.92. The number of hydrogen-bond acceptors (Lipinski definition) is 6. The summed E-state index contributed by atoms with van der Waals surface area (Å²) in [5, 5.41) is 19.5. The molecule has 1 heterocycles. The van der Waals surface area contributed by atoms with Crippen molar-refractivity contribution in [2.75, 3.05) is 19.5 Å². The van der Waals surface area contributed by atoms with Crippen LogP contribution < -0.4 is 9.47 Å². The van der Waals surface area contributed by atoms with E-state index < -0.39 is 6.10 Å². The molecule has 0 spiro atoms. The van der Waals surface area contributed by atoms with Gasteiger partial charge < -0.3 is 19.1 Å². The third kappa shape index (κ3) is 4.81. The van der Waals surface area contributed by atoms with Crippen LogP contribution in [0.3, 0.4) is 0 Å². The standard InChI is InChI=1S/C20H23N3O3S/c1-14-6-4-5-7-18(14)26-12-16(24)13-27-20-22-21-19(23(20)2)15-8-10-17(25-3)11-9-15/h4-11,16,24H,12-13H2,1-3H3/t16-/m0/s1. The molecule has 0 aliphatic carbocycles. The first kappa shape index (κ1) is 19.3. The minimum Gasteiger partial charge on any atom is -0.497 e. The van der Waals surface area contributed by atoms with Crippen LogP contribution in [-0.2, 0) is 7.05 Å². The van der Waals surface area contributed by atoms with E-state index in [4.69, 9.17) is 9.47 Å². The average Bonchev–Trinajstić information content (AvgIpc) is 3.06. The first-order valence-corrected chi connectivity index (χ1v) is 9.60. The van der Waals surface area contributed by atoms with Crippen LogP contribution in [0, 0.1) is 6.92 Å². The number of para-hydroxylation sites is 1. The molecule has 0 radical (unpaired) electrons.